The maximum absolute atomic E-state index is 4.49. The van der Waals surface area contributed by atoms with E-state index in [-0.39, 0.29) is 0 Å². The molecule has 0 aliphatic carbocycles. The number of para-hydroxylation sites is 1. The summed E-state index contributed by atoms with van der Waals surface area (Å²) in [5.74, 6) is 2.53. The van der Waals surface area contributed by atoms with Gasteiger partial charge in [0.05, 0.1) is 5.52 Å². The number of hydrogen-bond acceptors (Lipinski definition) is 3. The summed E-state index contributed by atoms with van der Waals surface area (Å²) in [5.41, 5.74) is 3.59. The van der Waals surface area contributed by atoms with Crippen LogP contribution in [0.1, 0.15) is 18.4 Å². The summed E-state index contributed by atoms with van der Waals surface area (Å²) in [4.78, 5) is 4.49. The van der Waals surface area contributed by atoms with Crippen molar-refractivity contribution in [2.75, 3.05) is 16.8 Å². The van der Waals surface area contributed by atoms with E-state index in [1.165, 1.54) is 41.0 Å². The standard InChI is InChI=1S/C15H18N2S/c1-11-4-2-6-13-14(7-8-16-15(11)13)17-12-5-3-9-18-10-12/h2,4,6-8,12H,3,5,9-10H2,1H3,(H,16,17). The first-order valence-corrected chi connectivity index (χ1v) is 7.69. The minimum absolute atomic E-state index is 0.606. The smallest absolute Gasteiger partial charge is 0.0751 e. The second-order valence-corrected chi connectivity index (χ2v) is 6.04. The molecule has 0 radical (unpaired) electrons. The average Bonchev–Trinajstić information content (AvgIpc) is 2.41. The number of fused-ring (bicyclic) bond motifs is 1. The molecule has 1 atom stereocenters. The second kappa shape index (κ2) is 5.19. The van der Waals surface area contributed by atoms with Gasteiger partial charge in [-0.1, -0.05) is 18.2 Å². The Morgan fingerprint density at radius 2 is 2.28 bits per heavy atom. The summed E-state index contributed by atoms with van der Waals surface area (Å²) in [7, 11) is 0. The summed E-state index contributed by atoms with van der Waals surface area (Å²) in [6.07, 6.45) is 4.51. The monoisotopic (exact) mass is 258 g/mol. The van der Waals surface area contributed by atoms with Crippen molar-refractivity contribution >= 4 is 28.4 Å². The van der Waals surface area contributed by atoms with Crippen LogP contribution in [-0.2, 0) is 0 Å². The van der Waals surface area contributed by atoms with Crippen LogP contribution >= 0.6 is 11.8 Å². The van der Waals surface area contributed by atoms with Gasteiger partial charge in [-0.25, -0.2) is 0 Å². The molecule has 0 saturated carbocycles. The van der Waals surface area contributed by atoms with E-state index in [1.807, 2.05) is 6.20 Å². The van der Waals surface area contributed by atoms with Crippen LogP contribution in [0.2, 0.25) is 0 Å². The summed E-state index contributed by atoms with van der Waals surface area (Å²) in [6.45, 7) is 2.12. The Hall–Kier alpha value is -1.22. The van der Waals surface area contributed by atoms with E-state index in [0.717, 1.165) is 5.52 Å². The summed E-state index contributed by atoms with van der Waals surface area (Å²) in [6, 6.07) is 9.10. The lowest BCUT2D eigenvalue weighted by atomic mass is 10.1. The van der Waals surface area contributed by atoms with Gasteiger partial charge in [0.15, 0.2) is 0 Å². The van der Waals surface area contributed by atoms with Gasteiger partial charge in [-0.15, -0.1) is 0 Å². The normalized spacial score (nSPS) is 19.9. The molecule has 1 fully saturated rings. The number of aromatic nitrogens is 1. The highest BCUT2D eigenvalue weighted by atomic mass is 32.2. The fourth-order valence-electron chi connectivity index (χ4n) is 2.52. The van der Waals surface area contributed by atoms with Crippen molar-refractivity contribution in [1.82, 2.24) is 4.98 Å². The number of thioether (sulfide) groups is 1. The number of hydrogen-bond donors (Lipinski definition) is 1. The maximum Gasteiger partial charge on any atom is 0.0751 e. The lowest BCUT2D eigenvalue weighted by molar-refractivity contribution is 0.686. The van der Waals surface area contributed by atoms with E-state index < -0.39 is 0 Å². The molecule has 3 rings (SSSR count). The molecule has 2 heterocycles. The third kappa shape index (κ3) is 2.32. The van der Waals surface area contributed by atoms with Crippen molar-refractivity contribution in [1.29, 1.82) is 0 Å². The minimum atomic E-state index is 0.606. The zero-order valence-corrected chi connectivity index (χ0v) is 11.5. The van der Waals surface area contributed by atoms with Gasteiger partial charge in [0.25, 0.3) is 0 Å². The molecule has 1 saturated heterocycles. The van der Waals surface area contributed by atoms with E-state index >= 15 is 0 Å². The van der Waals surface area contributed by atoms with Crippen LogP contribution in [0.4, 0.5) is 5.69 Å². The molecular weight excluding hydrogens is 240 g/mol. The van der Waals surface area contributed by atoms with Gasteiger partial charge in [-0.2, -0.15) is 11.8 Å². The van der Waals surface area contributed by atoms with E-state index in [4.69, 9.17) is 0 Å². The Kier molecular flexibility index (Phi) is 3.41. The topological polar surface area (TPSA) is 24.9 Å². The first kappa shape index (κ1) is 11.8. The molecule has 0 bridgehead atoms. The zero-order valence-electron chi connectivity index (χ0n) is 10.6. The Morgan fingerprint density at radius 1 is 1.33 bits per heavy atom. The molecule has 94 valence electrons. The van der Waals surface area contributed by atoms with E-state index in [2.05, 4.69) is 53.3 Å². The molecule has 1 unspecified atom stereocenters. The third-order valence-corrected chi connectivity index (χ3v) is 4.71. The van der Waals surface area contributed by atoms with Crippen LogP contribution in [-0.4, -0.2) is 22.5 Å². The molecule has 0 spiro atoms. The van der Waals surface area contributed by atoms with Crippen molar-refractivity contribution in [2.24, 2.45) is 0 Å². The Balaban J connectivity index is 1.93. The Morgan fingerprint density at radius 3 is 3.11 bits per heavy atom. The predicted octanol–water partition coefficient (Wildman–Crippen LogP) is 3.85. The van der Waals surface area contributed by atoms with Crippen LogP contribution in [0.25, 0.3) is 10.9 Å². The van der Waals surface area contributed by atoms with Crippen molar-refractivity contribution in [3.05, 3.63) is 36.0 Å². The number of pyridine rings is 1. The SMILES string of the molecule is Cc1cccc2c(NC3CCCSC3)ccnc12. The highest BCUT2D eigenvalue weighted by Gasteiger charge is 2.14. The summed E-state index contributed by atoms with van der Waals surface area (Å²) in [5, 5.41) is 4.93. The van der Waals surface area contributed by atoms with E-state index in [1.54, 1.807) is 0 Å². The van der Waals surface area contributed by atoms with Crippen LogP contribution in [0, 0.1) is 6.92 Å². The minimum Gasteiger partial charge on any atom is -0.381 e. The maximum atomic E-state index is 4.49. The van der Waals surface area contributed by atoms with Crippen LogP contribution in [0.5, 0.6) is 0 Å². The van der Waals surface area contributed by atoms with Crippen LogP contribution in [0.15, 0.2) is 30.5 Å². The van der Waals surface area contributed by atoms with Crippen LogP contribution < -0.4 is 5.32 Å². The van der Waals surface area contributed by atoms with Gasteiger partial charge in [0.2, 0.25) is 0 Å². The highest BCUT2D eigenvalue weighted by Crippen LogP contribution is 2.27. The fourth-order valence-corrected chi connectivity index (χ4v) is 3.60. The molecule has 0 amide bonds. The number of benzene rings is 1. The number of anilines is 1. The van der Waals surface area contributed by atoms with Crippen molar-refractivity contribution in [2.45, 2.75) is 25.8 Å². The molecule has 1 aromatic heterocycles. The highest BCUT2D eigenvalue weighted by molar-refractivity contribution is 7.99. The van der Waals surface area contributed by atoms with Gasteiger partial charge >= 0.3 is 0 Å². The first-order chi connectivity index (χ1) is 8.84. The van der Waals surface area contributed by atoms with Crippen molar-refractivity contribution in [3.8, 4) is 0 Å². The molecular formula is C15H18N2S. The zero-order chi connectivity index (χ0) is 12.4. The quantitative estimate of drug-likeness (QED) is 0.885. The van der Waals surface area contributed by atoms with Crippen molar-refractivity contribution in [3.63, 3.8) is 0 Å². The Labute approximate surface area is 112 Å². The lowest BCUT2D eigenvalue weighted by Gasteiger charge is -2.24. The molecule has 2 aromatic rings. The lowest BCUT2D eigenvalue weighted by Crippen LogP contribution is -2.25. The van der Waals surface area contributed by atoms with Gasteiger partial charge in [0.1, 0.15) is 0 Å². The molecule has 1 aromatic carbocycles. The first-order valence-electron chi connectivity index (χ1n) is 6.53. The third-order valence-electron chi connectivity index (χ3n) is 3.49. The molecule has 2 nitrogen and oxygen atoms in total. The largest absolute Gasteiger partial charge is 0.381 e. The number of nitrogens with zero attached hydrogens (tertiary/aromatic N) is 1. The van der Waals surface area contributed by atoms with E-state index in [0.29, 0.717) is 6.04 Å². The van der Waals surface area contributed by atoms with Gasteiger partial charge in [-0.05, 0) is 37.1 Å². The number of nitrogens with one attached hydrogen (secondary N) is 1. The van der Waals surface area contributed by atoms with Gasteiger partial charge in [-0.3, -0.25) is 4.98 Å². The van der Waals surface area contributed by atoms with E-state index in [9.17, 15) is 0 Å². The van der Waals surface area contributed by atoms with Gasteiger partial charge < -0.3 is 5.32 Å². The fraction of sp³-hybridized carbons (Fsp3) is 0.400. The summed E-state index contributed by atoms with van der Waals surface area (Å²) < 4.78 is 0. The van der Waals surface area contributed by atoms with Crippen LogP contribution in [0.3, 0.4) is 0 Å². The number of aryl methyl sites for hydroxylation is 1. The predicted molar refractivity (Wildman–Crippen MR) is 80.4 cm³/mol. The molecule has 1 aliphatic rings. The second-order valence-electron chi connectivity index (χ2n) is 4.89. The molecule has 1 N–H and O–H groups in total. The number of rotatable bonds is 2. The average molecular weight is 258 g/mol. The Bertz CT molecular complexity index is 547. The molecule has 18 heavy (non-hydrogen) atoms. The molecule has 3 heteroatoms. The van der Waals surface area contributed by atoms with Crippen molar-refractivity contribution < 1.29 is 0 Å². The molecule has 1 aliphatic heterocycles. The van der Waals surface area contributed by atoms with Gasteiger partial charge in [0, 0.05) is 29.1 Å². The summed E-state index contributed by atoms with van der Waals surface area (Å²) >= 11 is 2.05.